The molecule has 0 saturated heterocycles. The lowest BCUT2D eigenvalue weighted by Gasteiger charge is -2.31. The monoisotopic (exact) mass is 414 g/mol. The van der Waals surface area contributed by atoms with Crippen molar-refractivity contribution < 1.29 is 22.8 Å². The Bertz CT molecular complexity index is 803. The normalized spacial score (nSPS) is 18.7. The molecule has 0 aliphatic heterocycles. The van der Waals surface area contributed by atoms with Crippen LogP contribution in [0.3, 0.4) is 0 Å². The van der Waals surface area contributed by atoms with Crippen molar-refractivity contribution in [1.29, 1.82) is 0 Å². The van der Waals surface area contributed by atoms with Crippen LogP contribution in [0.2, 0.25) is 0 Å². The van der Waals surface area contributed by atoms with Crippen molar-refractivity contribution in [2.45, 2.75) is 32.4 Å². The topological polar surface area (TPSA) is 85.3 Å². The van der Waals surface area contributed by atoms with E-state index in [4.69, 9.17) is 0 Å². The summed E-state index contributed by atoms with van der Waals surface area (Å²) in [5.41, 5.74) is -0.0300. The predicted octanol–water partition coefficient (Wildman–Crippen LogP) is 2.75. The second-order valence-electron chi connectivity index (χ2n) is 7.12. The molecule has 5 nitrogen and oxygen atoms in total. The molecule has 0 heterocycles. The first-order valence-electron chi connectivity index (χ1n) is 7.45. The summed E-state index contributed by atoms with van der Waals surface area (Å²) >= 11 is 3.25. The highest BCUT2D eigenvalue weighted by Crippen LogP contribution is 2.35. The highest BCUT2D eigenvalue weighted by atomic mass is 79.9. The van der Waals surface area contributed by atoms with Crippen LogP contribution in [0.4, 0.5) is 0 Å². The van der Waals surface area contributed by atoms with Crippen LogP contribution in [0, 0.1) is 11.3 Å². The van der Waals surface area contributed by atoms with Gasteiger partial charge in [-0.1, -0.05) is 29.8 Å². The molecule has 0 spiro atoms. The maximum atomic E-state index is 12.8. The number of rotatable bonds is 4. The van der Waals surface area contributed by atoms with Crippen molar-refractivity contribution in [1.82, 2.24) is 0 Å². The zero-order valence-corrected chi connectivity index (χ0v) is 16.2. The SMILES string of the molecule is CC1(C)CC(=O)C(C(=O)c2ccc(Br)cc2CS(C)(=O)=O)C(=O)C1. The minimum absolute atomic E-state index is 0.120. The van der Waals surface area contributed by atoms with Gasteiger partial charge >= 0.3 is 0 Å². The lowest BCUT2D eigenvalue weighted by Crippen LogP contribution is -2.42. The van der Waals surface area contributed by atoms with Gasteiger partial charge in [-0.3, -0.25) is 14.4 Å². The Morgan fingerprint density at radius 1 is 1.21 bits per heavy atom. The van der Waals surface area contributed by atoms with Crippen molar-refractivity contribution in [2.24, 2.45) is 11.3 Å². The van der Waals surface area contributed by atoms with E-state index in [9.17, 15) is 22.8 Å². The van der Waals surface area contributed by atoms with Crippen LogP contribution >= 0.6 is 15.9 Å². The van der Waals surface area contributed by atoms with Gasteiger partial charge in [0.05, 0.1) is 5.75 Å². The molecule has 2 rings (SSSR count). The number of carbonyl (C=O) groups excluding carboxylic acids is 3. The van der Waals surface area contributed by atoms with Gasteiger partial charge in [-0.15, -0.1) is 0 Å². The molecule has 1 aromatic rings. The summed E-state index contributed by atoms with van der Waals surface area (Å²) in [5, 5.41) is 0. The fraction of sp³-hybridized carbons (Fsp3) is 0.471. The van der Waals surface area contributed by atoms with Gasteiger partial charge in [0.15, 0.2) is 27.2 Å². The fourth-order valence-electron chi connectivity index (χ4n) is 3.04. The summed E-state index contributed by atoms with van der Waals surface area (Å²) in [6.45, 7) is 3.64. The first-order chi connectivity index (χ1) is 10.9. The van der Waals surface area contributed by atoms with Crippen LogP contribution in [0.1, 0.15) is 42.6 Å². The summed E-state index contributed by atoms with van der Waals surface area (Å²) in [4.78, 5) is 37.5. The van der Waals surface area contributed by atoms with Gasteiger partial charge in [0.2, 0.25) is 0 Å². The molecule has 1 aromatic carbocycles. The van der Waals surface area contributed by atoms with E-state index >= 15 is 0 Å². The van der Waals surface area contributed by atoms with E-state index in [1.165, 1.54) is 12.1 Å². The Hall–Kier alpha value is -1.34. The highest BCUT2D eigenvalue weighted by Gasteiger charge is 2.44. The van der Waals surface area contributed by atoms with E-state index in [0.717, 1.165) is 6.26 Å². The molecule has 0 bridgehead atoms. The fourth-order valence-corrected chi connectivity index (χ4v) is 4.25. The lowest BCUT2D eigenvalue weighted by molar-refractivity contribution is -0.137. The minimum Gasteiger partial charge on any atom is -0.298 e. The van der Waals surface area contributed by atoms with Gasteiger partial charge in [0, 0.05) is 29.1 Å². The van der Waals surface area contributed by atoms with E-state index in [0.29, 0.717) is 10.0 Å². The van der Waals surface area contributed by atoms with Crippen LogP contribution in [-0.4, -0.2) is 32.0 Å². The average Bonchev–Trinajstić information content (AvgIpc) is 2.33. The molecule has 7 heteroatoms. The summed E-state index contributed by atoms with van der Waals surface area (Å²) in [7, 11) is -3.37. The Labute approximate surface area is 149 Å². The highest BCUT2D eigenvalue weighted by molar-refractivity contribution is 9.10. The van der Waals surface area contributed by atoms with Crippen LogP contribution < -0.4 is 0 Å². The minimum atomic E-state index is -3.37. The zero-order chi connectivity index (χ0) is 18.3. The summed E-state index contributed by atoms with van der Waals surface area (Å²) in [5.74, 6) is -3.04. The number of sulfone groups is 1. The van der Waals surface area contributed by atoms with Gasteiger partial charge in [0.25, 0.3) is 0 Å². The third-order valence-corrected chi connectivity index (χ3v) is 5.29. The third-order valence-electron chi connectivity index (χ3n) is 3.96. The molecule has 1 fully saturated rings. The molecule has 0 atom stereocenters. The van der Waals surface area contributed by atoms with Crippen molar-refractivity contribution in [2.75, 3.05) is 6.26 Å². The number of carbonyl (C=O) groups is 3. The van der Waals surface area contributed by atoms with Crippen LogP contribution in [-0.2, 0) is 25.2 Å². The quantitative estimate of drug-likeness (QED) is 0.558. The molecule has 24 heavy (non-hydrogen) atoms. The van der Waals surface area contributed by atoms with E-state index < -0.39 is 38.5 Å². The summed E-state index contributed by atoms with van der Waals surface area (Å²) < 4.78 is 23.9. The molecule has 1 saturated carbocycles. The van der Waals surface area contributed by atoms with Crippen LogP contribution in [0.15, 0.2) is 22.7 Å². The summed E-state index contributed by atoms with van der Waals surface area (Å²) in [6.07, 6.45) is 1.39. The Morgan fingerprint density at radius 3 is 2.25 bits per heavy atom. The van der Waals surface area contributed by atoms with E-state index in [1.807, 2.05) is 13.8 Å². The number of hydrogen-bond acceptors (Lipinski definition) is 5. The molecule has 0 aromatic heterocycles. The van der Waals surface area contributed by atoms with Crippen LogP contribution in [0.5, 0.6) is 0 Å². The van der Waals surface area contributed by atoms with Crippen molar-refractivity contribution in [3.63, 3.8) is 0 Å². The van der Waals surface area contributed by atoms with Gasteiger partial charge in [0.1, 0.15) is 5.92 Å². The van der Waals surface area contributed by atoms with Crippen molar-refractivity contribution >= 4 is 43.1 Å². The van der Waals surface area contributed by atoms with Gasteiger partial charge in [-0.2, -0.15) is 0 Å². The molecule has 0 amide bonds. The largest absolute Gasteiger partial charge is 0.298 e. The third kappa shape index (κ3) is 4.39. The molecule has 0 N–H and O–H groups in total. The molecule has 0 radical (unpaired) electrons. The number of halogens is 1. The smallest absolute Gasteiger partial charge is 0.181 e. The first kappa shape index (κ1) is 19.0. The van der Waals surface area contributed by atoms with Crippen LogP contribution in [0.25, 0.3) is 0 Å². The van der Waals surface area contributed by atoms with Gasteiger partial charge in [-0.25, -0.2) is 8.42 Å². The van der Waals surface area contributed by atoms with Crippen molar-refractivity contribution in [3.05, 3.63) is 33.8 Å². The van der Waals surface area contributed by atoms with Gasteiger partial charge < -0.3 is 0 Å². The summed E-state index contributed by atoms with van der Waals surface area (Å²) in [6, 6.07) is 4.60. The second kappa shape index (κ2) is 6.52. The van der Waals surface area contributed by atoms with E-state index in [-0.39, 0.29) is 24.2 Å². The predicted molar refractivity (Wildman–Crippen MR) is 93.5 cm³/mol. The maximum Gasteiger partial charge on any atom is 0.181 e. The number of ketones is 3. The molecular formula is C17H19BrO5S. The standard InChI is InChI=1S/C17H19BrO5S/c1-17(2)7-13(19)15(14(20)8-17)16(21)12-5-4-11(18)6-10(12)9-24(3,22)23/h4-6,15H,7-9H2,1-3H3. The van der Waals surface area contributed by atoms with E-state index in [2.05, 4.69) is 15.9 Å². The second-order valence-corrected chi connectivity index (χ2v) is 10.2. The molecule has 130 valence electrons. The number of hydrogen-bond donors (Lipinski definition) is 0. The number of Topliss-reactive ketones (excluding diaryl/α,β-unsaturated/α-hetero) is 3. The molecule has 0 unspecified atom stereocenters. The number of benzene rings is 1. The van der Waals surface area contributed by atoms with Gasteiger partial charge in [-0.05, 0) is 29.2 Å². The van der Waals surface area contributed by atoms with E-state index in [1.54, 1.807) is 6.07 Å². The van der Waals surface area contributed by atoms with Crippen molar-refractivity contribution in [3.8, 4) is 0 Å². The average molecular weight is 415 g/mol. The molecule has 1 aliphatic rings. The Balaban J connectivity index is 2.43. The maximum absolute atomic E-state index is 12.8. The zero-order valence-electron chi connectivity index (χ0n) is 13.8. The first-order valence-corrected chi connectivity index (χ1v) is 10.3. The Morgan fingerprint density at radius 2 is 1.75 bits per heavy atom. The lowest BCUT2D eigenvalue weighted by atomic mass is 9.69. The molecular weight excluding hydrogens is 396 g/mol. The Kier molecular flexibility index (Phi) is 5.16. The molecule has 1 aliphatic carbocycles.